The normalized spacial score (nSPS) is 21.2. The molecule has 2 aliphatic rings. The first-order chi connectivity index (χ1) is 7.21. The Morgan fingerprint density at radius 1 is 0.867 bits per heavy atom. The molecule has 0 aromatic carbocycles. The van der Waals surface area contributed by atoms with Crippen LogP contribution < -0.4 is 0 Å². The van der Waals surface area contributed by atoms with Gasteiger partial charge in [0.05, 0.1) is 0 Å². The third-order valence-electron chi connectivity index (χ3n) is 3.63. The second-order valence-corrected chi connectivity index (χ2v) is 4.94. The van der Waals surface area contributed by atoms with Crippen LogP contribution in [0.1, 0.15) is 39.5 Å². The van der Waals surface area contributed by atoms with Gasteiger partial charge in [-0.15, -0.1) is 0 Å². The van der Waals surface area contributed by atoms with E-state index in [0.717, 1.165) is 0 Å². The van der Waals surface area contributed by atoms with Gasteiger partial charge in [0.2, 0.25) is 0 Å². The van der Waals surface area contributed by atoms with Crippen molar-refractivity contribution in [1.29, 1.82) is 0 Å². The van der Waals surface area contributed by atoms with Gasteiger partial charge < -0.3 is 0 Å². The maximum Gasteiger partial charge on any atom is 0.00704 e. The fourth-order valence-electron chi connectivity index (χ4n) is 2.45. The Bertz CT molecular complexity index is 314. The highest BCUT2D eigenvalue weighted by atomic mass is 14.3. The van der Waals surface area contributed by atoms with Gasteiger partial charge in [-0.05, 0) is 25.7 Å². The van der Waals surface area contributed by atoms with E-state index in [1.807, 2.05) is 0 Å². The van der Waals surface area contributed by atoms with Gasteiger partial charge in [-0.25, -0.2) is 0 Å². The van der Waals surface area contributed by atoms with Crippen LogP contribution in [-0.2, 0) is 0 Å². The van der Waals surface area contributed by atoms with Crippen LogP contribution >= 0.6 is 0 Å². The molecule has 0 atom stereocenters. The second kappa shape index (κ2) is 4.22. The Hall–Kier alpha value is -1.04. The molecule has 15 heavy (non-hydrogen) atoms. The highest BCUT2D eigenvalue weighted by Crippen LogP contribution is 2.41. The van der Waals surface area contributed by atoms with Gasteiger partial charge in [0, 0.05) is 5.41 Å². The van der Waals surface area contributed by atoms with Crippen molar-refractivity contribution in [2.75, 3.05) is 0 Å². The molecule has 0 aromatic heterocycles. The molecule has 2 aliphatic carbocycles. The molecule has 0 unspecified atom stereocenters. The molecule has 0 fully saturated rings. The van der Waals surface area contributed by atoms with Crippen molar-refractivity contribution in [2.45, 2.75) is 39.5 Å². The quantitative estimate of drug-likeness (QED) is 0.612. The molecule has 0 heterocycles. The lowest BCUT2D eigenvalue weighted by Gasteiger charge is -2.33. The van der Waals surface area contributed by atoms with E-state index < -0.39 is 0 Å². The molecule has 0 bridgehead atoms. The van der Waals surface area contributed by atoms with Gasteiger partial charge in [-0.2, -0.15) is 0 Å². The molecule has 2 rings (SSSR count). The van der Waals surface area contributed by atoms with E-state index in [2.05, 4.69) is 50.3 Å². The molecule has 0 amide bonds. The van der Waals surface area contributed by atoms with E-state index in [1.165, 1.54) is 25.7 Å². The summed E-state index contributed by atoms with van der Waals surface area (Å²) in [6.07, 6.45) is 18.4. The summed E-state index contributed by atoms with van der Waals surface area (Å²) in [5.74, 6) is 0. The molecule has 0 saturated carbocycles. The summed E-state index contributed by atoms with van der Waals surface area (Å²) < 4.78 is 0. The predicted molar refractivity (Wildman–Crippen MR) is 66.7 cm³/mol. The summed E-state index contributed by atoms with van der Waals surface area (Å²) in [4.78, 5) is 0. The highest BCUT2D eigenvalue weighted by molar-refractivity contribution is 5.35. The summed E-state index contributed by atoms with van der Waals surface area (Å²) in [6, 6.07) is 0. The second-order valence-electron chi connectivity index (χ2n) is 4.94. The molecular formula is C15H20. The van der Waals surface area contributed by atoms with E-state index in [9.17, 15) is 0 Å². The third kappa shape index (κ3) is 2.14. The van der Waals surface area contributed by atoms with Gasteiger partial charge in [0.15, 0.2) is 0 Å². The van der Waals surface area contributed by atoms with Crippen LogP contribution in [0.4, 0.5) is 0 Å². The minimum Gasteiger partial charge on any atom is -0.0842 e. The minimum atomic E-state index is 0.259. The first-order valence-corrected chi connectivity index (χ1v) is 5.93. The Balaban J connectivity index is 2.25. The van der Waals surface area contributed by atoms with Gasteiger partial charge in [-0.3, -0.25) is 0 Å². The minimum absolute atomic E-state index is 0.259. The molecule has 0 spiro atoms. The van der Waals surface area contributed by atoms with Crippen LogP contribution in [0.5, 0.6) is 0 Å². The zero-order valence-electron chi connectivity index (χ0n) is 9.79. The van der Waals surface area contributed by atoms with Crippen molar-refractivity contribution in [3.63, 3.8) is 0 Å². The number of hydrogen-bond donors (Lipinski definition) is 0. The molecule has 0 aromatic rings. The fourth-order valence-corrected chi connectivity index (χ4v) is 2.45. The van der Waals surface area contributed by atoms with Crippen molar-refractivity contribution in [3.8, 4) is 0 Å². The average Bonchev–Trinajstić information content (AvgIpc) is 2.31. The Morgan fingerprint density at radius 3 is 1.67 bits per heavy atom. The fraction of sp³-hybridized carbons (Fsp3) is 0.467. The summed E-state index contributed by atoms with van der Waals surface area (Å²) in [6.45, 7) is 4.73. The lowest BCUT2D eigenvalue weighted by atomic mass is 9.72. The van der Waals surface area contributed by atoms with Gasteiger partial charge in [-0.1, -0.05) is 61.4 Å². The molecule has 0 radical (unpaired) electrons. The van der Waals surface area contributed by atoms with Crippen LogP contribution in [0.2, 0.25) is 0 Å². The summed E-state index contributed by atoms with van der Waals surface area (Å²) in [5, 5.41) is 0. The highest BCUT2D eigenvalue weighted by Gasteiger charge is 2.27. The topological polar surface area (TPSA) is 0 Å². The SMILES string of the molecule is CC(C)(C1=CC=CCC1)C1=CC=CCC1. The van der Waals surface area contributed by atoms with Crippen LogP contribution in [0, 0.1) is 5.41 Å². The monoisotopic (exact) mass is 200 g/mol. The average molecular weight is 200 g/mol. The van der Waals surface area contributed by atoms with Crippen molar-refractivity contribution in [3.05, 3.63) is 47.6 Å². The summed E-state index contributed by atoms with van der Waals surface area (Å²) in [5.41, 5.74) is 3.44. The van der Waals surface area contributed by atoms with Gasteiger partial charge in [0.25, 0.3) is 0 Å². The molecule has 0 heteroatoms. The van der Waals surface area contributed by atoms with Crippen molar-refractivity contribution in [2.24, 2.45) is 5.41 Å². The predicted octanol–water partition coefficient (Wildman–Crippen LogP) is 4.57. The standard InChI is InChI=1S/C15H20/c1-15(2,13-9-5-3-6-10-13)14-11-7-4-8-12-14/h3-5,7,9,11H,6,8,10,12H2,1-2H3. The number of hydrogen-bond acceptors (Lipinski definition) is 0. The van der Waals surface area contributed by atoms with E-state index in [4.69, 9.17) is 0 Å². The van der Waals surface area contributed by atoms with Gasteiger partial charge in [0.1, 0.15) is 0 Å². The molecule has 0 N–H and O–H groups in total. The summed E-state index contributed by atoms with van der Waals surface area (Å²) in [7, 11) is 0. The maximum atomic E-state index is 2.36. The largest absolute Gasteiger partial charge is 0.0842 e. The van der Waals surface area contributed by atoms with Gasteiger partial charge >= 0.3 is 0 Å². The van der Waals surface area contributed by atoms with Crippen LogP contribution in [0.15, 0.2) is 47.6 Å². The number of rotatable bonds is 2. The van der Waals surface area contributed by atoms with Crippen LogP contribution in [0.25, 0.3) is 0 Å². The first-order valence-electron chi connectivity index (χ1n) is 5.93. The Labute approximate surface area is 93.1 Å². The molecule has 0 nitrogen and oxygen atoms in total. The Morgan fingerprint density at radius 2 is 1.33 bits per heavy atom. The van der Waals surface area contributed by atoms with Crippen LogP contribution in [0.3, 0.4) is 0 Å². The van der Waals surface area contributed by atoms with Crippen LogP contribution in [-0.4, -0.2) is 0 Å². The smallest absolute Gasteiger partial charge is 0.00704 e. The Kier molecular flexibility index (Phi) is 2.95. The molecule has 80 valence electrons. The lowest BCUT2D eigenvalue weighted by Crippen LogP contribution is -2.19. The van der Waals surface area contributed by atoms with E-state index in [0.29, 0.717) is 0 Å². The number of allylic oxidation sites excluding steroid dienone is 8. The third-order valence-corrected chi connectivity index (χ3v) is 3.63. The zero-order chi connectivity index (χ0) is 10.7. The molecular weight excluding hydrogens is 180 g/mol. The van der Waals surface area contributed by atoms with Crippen molar-refractivity contribution >= 4 is 0 Å². The molecule has 0 saturated heterocycles. The van der Waals surface area contributed by atoms with Crippen molar-refractivity contribution < 1.29 is 0 Å². The summed E-state index contributed by atoms with van der Waals surface area (Å²) >= 11 is 0. The van der Waals surface area contributed by atoms with Crippen molar-refractivity contribution in [1.82, 2.24) is 0 Å². The molecule has 0 aliphatic heterocycles. The maximum absolute atomic E-state index is 2.36. The van der Waals surface area contributed by atoms with E-state index >= 15 is 0 Å². The first kappa shape index (κ1) is 10.5. The lowest BCUT2D eigenvalue weighted by molar-refractivity contribution is 0.492. The zero-order valence-corrected chi connectivity index (χ0v) is 9.79. The van der Waals surface area contributed by atoms with E-state index in [-0.39, 0.29) is 5.41 Å². The van der Waals surface area contributed by atoms with E-state index in [1.54, 1.807) is 11.1 Å².